The molecule has 0 aliphatic carbocycles. The molecule has 28 heavy (non-hydrogen) atoms. The van der Waals surface area contributed by atoms with Gasteiger partial charge in [-0.3, -0.25) is 9.59 Å². The third-order valence-electron chi connectivity index (χ3n) is 5.14. The van der Waals surface area contributed by atoms with Crippen molar-refractivity contribution in [2.75, 3.05) is 33.7 Å². The summed E-state index contributed by atoms with van der Waals surface area (Å²) in [6.07, 6.45) is 1.59. The number of likely N-dealkylation sites (N-methyl/N-ethyl adjacent to an activating group) is 1. The molecule has 1 saturated heterocycles. The average molecular weight is 404 g/mol. The number of rotatable bonds is 6. The van der Waals surface area contributed by atoms with E-state index < -0.39 is 0 Å². The van der Waals surface area contributed by atoms with Gasteiger partial charge in [0.25, 0.3) is 5.91 Å². The number of likely N-dealkylation sites (tertiary alicyclic amines) is 1. The molecule has 2 amide bonds. The van der Waals surface area contributed by atoms with Gasteiger partial charge in [0.05, 0.1) is 16.8 Å². The van der Waals surface area contributed by atoms with Crippen LogP contribution in [-0.4, -0.2) is 55.3 Å². The zero-order valence-electron chi connectivity index (χ0n) is 16.2. The predicted molar refractivity (Wildman–Crippen MR) is 109 cm³/mol. The zero-order chi connectivity index (χ0) is 20.1. The van der Waals surface area contributed by atoms with Crippen LogP contribution in [0.2, 0.25) is 0 Å². The van der Waals surface area contributed by atoms with E-state index in [0.717, 1.165) is 18.4 Å². The molecule has 3 rings (SSSR count). The largest absolute Gasteiger partial charge is 0.354 e. The molecule has 7 heteroatoms. The second-order valence-electron chi connectivity index (χ2n) is 7.35. The Morgan fingerprint density at radius 3 is 2.82 bits per heavy atom. The zero-order valence-corrected chi connectivity index (χ0v) is 17.0. The third kappa shape index (κ3) is 4.97. The Kier molecular flexibility index (Phi) is 6.80. The Balaban J connectivity index is 1.59. The number of carbonyl (C=O) groups excluding carboxylic acids is 2. The second kappa shape index (κ2) is 9.30. The van der Waals surface area contributed by atoms with E-state index in [4.69, 9.17) is 0 Å². The van der Waals surface area contributed by atoms with Gasteiger partial charge in [-0.1, -0.05) is 18.2 Å². The molecule has 2 atom stereocenters. The molecule has 0 saturated carbocycles. The standard InChI is InChI=1S/C21H26FN3O2S/c1-24(2)18(15-6-3-8-17(22)12-15)13-23-20(26)16-7-4-10-25(14-16)21(27)19-9-5-11-28-19/h3,5-6,8-9,11-12,16,18H,4,7,10,13-14H2,1-2H3,(H,23,26)/t16-,18+/m0/s1. The minimum Gasteiger partial charge on any atom is -0.354 e. The first-order valence-electron chi connectivity index (χ1n) is 9.48. The van der Waals surface area contributed by atoms with E-state index in [1.54, 1.807) is 11.0 Å². The van der Waals surface area contributed by atoms with Crippen LogP contribution < -0.4 is 5.32 Å². The van der Waals surface area contributed by atoms with E-state index in [0.29, 0.717) is 24.5 Å². The third-order valence-corrected chi connectivity index (χ3v) is 6.00. The number of hydrogen-bond acceptors (Lipinski definition) is 4. The highest BCUT2D eigenvalue weighted by molar-refractivity contribution is 7.12. The number of hydrogen-bond donors (Lipinski definition) is 1. The molecule has 150 valence electrons. The predicted octanol–water partition coefficient (Wildman–Crippen LogP) is 3.16. The molecule has 1 aromatic heterocycles. The number of amides is 2. The lowest BCUT2D eigenvalue weighted by molar-refractivity contribution is -0.126. The fourth-order valence-corrected chi connectivity index (χ4v) is 4.28. The van der Waals surface area contributed by atoms with Crippen molar-refractivity contribution >= 4 is 23.2 Å². The molecule has 0 unspecified atom stereocenters. The van der Waals surface area contributed by atoms with Crippen LogP contribution in [-0.2, 0) is 4.79 Å². The number of nitrogens with one attached hydrogen (secondary N) is 1. The summed E-state index contributed by atoms with van der Waals surface area (Å²) in [6.45, 7) is 1.52. The summed E-state index contributed by atoms with van der Waals surface area (Å²) in [6, 6.07) is 10.0. The van der Waals surface area contributed by atoms with Gasteiger partial charge in [0.2, 0.25) is 5.91 Å². The van der Waals surface area contributed by atoms with E-state index in [-0.39, 0.29) is 29.6 Å². The first-order valence-corrected chi connectivity index (χ1v) is 10.4. The summed E-state index contributed by atoms with van der Waals surface area (Å²) in [5, 5.41) is 4.89. The molecule has 0 spiro atoms. The maximum Gasteiger partial charge on any atom is 0.263 e. The fraction of sp³-hybridized carbons (Fsp3) is 0.429. The number of benzene rings is 1. The van der Waals surface area contributed by atoms with Gasteiger partial charge in [-0.05, 0) is 56.1 Å². The van der Waals surface area contributed by atoms with Gasteiger partial charge in [-0.25, -0.2) is 4.39 Å². The summed E-state index contributed by atoms with van der Waals surface area (Å²) < 4.78 is 13.6. The first-order chi connectivity index (χ1) is 13.5. The lowest BCUT2D eigenvalue weighted by Crippen LogP contribution is -2.46. The molecule has 2 aromatic rings. The van der Waals surface area contributed by atoms with E-state index >= 15 is 0 Å². The molecular formula is C21H26FN3O2S. The number of halogens is 1. The minimum absolute atomic E-state index is 0.00145. The van der Waals surface area contributed by atoms with E-state index in [1.807, 2.05) is 42.6 Å². The SMILES string of the molecule is CN(C)[C@H](CNC(=O)[C@H]1CCCN(C(=O)c2cccs2)C1)c1cccc(F)c1. The molecule has 1 N–H and O–H groups in total. The van der Waals surface area contributed by atoms with Crippen molar-refractivity contribution in [3.63, 3.8) is 0 Å². The topological polar surface area (TPSA) is 52.7 Å². The Labute approximate surface area is 169 Å². The molecule has 1 fully saturated rings. The quantitative estimate of drug-likeness (QED) is 0.806. The summed E-state index contributed by atoms with van der Waals surface area (Å²) >= 11 is 1.42. The Bertz CT molecular complexity index is 810. The highest BCUT2D eigenvalue weighted by Gasteiger charge is 2.29. The highest BCUT2D eigenvalue weighted by atomic mass is 32.1. The highest BCUT2D eigenvalue weighted by Crippen LogP contribution is 2.22. The number of piperidine rings is 1. The minimum atomic E-state index is -0.286. The molecule has 2 heterocycles. The maximum absolute atomic E-state index is 13.6. The summed E-state index contributed by atoms with van der Waals surface area (Å²) in [7, 11) is 3.81. The van der Waals surface area contributed by atoms with Crippen LogP contribution in [0.25, 0.3) is 0 Å². The molecular weight excluding hydrogens is 377 g/mol. The summed E-state index contributed by atoms with van der Waals surface area (Å²) in [5.41, 5.74) is 0.823. The van der Waals surface area contributed by atoms with Gasteiger partial charge in [0, 0.05) is 19.6 Å². The van der Waals surface area contributed by atoms with Crippen molar-refractivity contribution in [3.8, 4) is 0 Å². The van der Waals surface area contributed by atoms with Gasteiger partial charge >= 0.3 is 0 Å². The maximum atomic E-state index is 13.6. The van der Waals surface area contributed by atoms with E-state index in [1.165, 1.54) is 23.5 Å². The molecule has 1 aromatic carbocycles. The van der Waals surface area contributed by atoms with Gasteiger partial charge in [-0.15, -0.1) is 11.3 Å². The Morgan fingerprint density at radius 1 is 1.32 bits per heavy atom. The van der Waals surface area contributed by atoms with Crippen LogP contribution in [0.4, 0.5) is 4.39 Å². The van der Waals surface area contributed by atoms with Crippen molar-refractivity contribution in [1.82, 2.24) is 15.1 Å². The van der Waals surface area contributed by atoms with Crippen LogP contribution in [0, 0.1) is 11.7 Å². The van der Waals surface area contributed by atoms with Crippen molar-refractivity contribution in [2.24, 2.45) is 5.92 Å². The van der Waals surface area contributed by atoms with Crippen LogP contribution >= 0.6 is 11.3 Å². The number of nitrogens with zero attached hydrogens (tertiary/aromatic N) is 2. The van der Waals surface area contributed by atoms with Crippen LogP contribution in [0.3, 0.4) is 0 Å². The van der Waals surface area contributed by atoms with Crippen molar-refractivity contribution in [1.29, 1.82) is 0 Å². The lowest BCUT2D eigenvalue weighted by Gasteiger charge is -2.32. The smallest absolute Gasteiger partial charge is 0.263 e. The summed E-state index contributed by atoms with van der Waals surface area (Å²) in [5.74, 6) is -0.552. The van der Waals surface area contributed by atoms with E-state index in [9.17, 15) is 14.0 Å². The van der Waals surface area contributed by atoms with Gasteiger partial charge < -0.3 is 15.1 Å². The lowest BCUT2D eigenvalue weighted by atomic mass is 9.96. The number of carbonyl (C=O) groups is 2. The number of thiophene rings is 1. The fourth-order valence-electron chi connectivity index (χ4n) is 3.59. The Morgan fingerprint density at radius 2 is 2.14 bits per heavy atom. The molecule has 0 bridgehead atoms. The van der Waals surface area contributed by atoms with Crippen molar-refractivity contribution < 1.29 is 14.0 Å². The van der Waals surface area contributed by atoms with E-state index in [2.05, 4.69) is 5.32 Å². The normalized spacial score (nSPS) is 18.1. The molecule has 0 radical (unpaired) electrons. The Hall–Kier alpha value is -2.25. The average Bonchev–Trinajstić information content (AvgIpc) is 3.22. The molecule has 5 nitrogen and oxygen atoms in total. The first kappa shape index (κ1) is 20.5. The van der Waals surface area contributed by atoms with Crippen LogP contribution in [0.5, 0.6) is 0 Å². The van der Waals surface area contributed by atoms with Crippen LogP contribution in [0.15, 0.2) is 41.8 Å². The van der Waals surface area contributed by atoms with Gasteiger partial charge in [0.15, 0.2) is 0 Å². The van der Waals surface area contributed by atoms with Crippen molar-refractivity contribution in [2.45, 2.75) is 18.9 Å². The second-order valence-corrected chi connectivity index (χ2v) is 8.29. The monoisotopic (exact) mass is 403 g/mol. The van der Waals surface area contributed by atoms with Crippen molar-refractivity contribution in [3.05, 3.63) is 58.0 Å². The summed E-state index contributed by atoms with van der Waals surface area (Å²) in [4.78, 5) is 29.7. The van der Waals surface area contributed by atoms with Gasteiger partial charge in [0.1, 0.15) is 5.82 Å². The van der Waals surface area contributed by atoms with Crippen LogP contribution in [0.1, 0.15) is 34.1 Å². The molecule has 1 aliphatic heterocycles. The molecule has 1 aliphatic rings. The van der Waals surface area contributed by atoms with Gasteiger partial charge in [-0.2, -0.15) is 0 Å².